The lowest BCUT2D eigenvalue weighted by Gasteiger charge is -2.56. The number of aliphatic hydroxyl groups excluding tert-OH is 1. The molecule has 418 valence electrons. The number of nitrogens with two attached hydrogens (primary N) is 1. The molecular weight excluding hydrogens is 1020 g/mol. The number of hydrogen-bond acceptors (Lipinski definition) is 16. The number of aliphatic hydroxyl groups is 1. The number of carbonyl (C=O) groups is 2. The summed E-state index contributed by atoms with van der Waals surface area (Å²) >= 11 is 1.60. The third-order valence-electron chi connectivity index (χ3n) is 17.6. The number of hydrazine groups is 1. The van der Waals surface area contributed by atoms with E-state index in [0.29, 0.717) is 46.8 Å². The average Bonchev–Trinajstić information content (AvgIpc) is 4.36. The highest BCUT2D eigenvalue weighted by Crippen LogP contribution is 2.51. The molecular formula is C60H76N12O6S. The number of aromatic nitrogens is 4. The number of amides is 2. The van der Waals surface area contributed by atoms with Crippen LogP contribution < -0.4 is 26.8 Å². The zero-order valence-electron chi connectivity index (χ0n) is 46.1. The molecule has 18 nitrogen and oxygen atoms in total. The summed E-state index contributed by atoms with van der Waals surface area (Å²) in [6.07, 6.45) is 12.0. The summed E-state index contributed by atoms with van der Waals surface area (Å²) in [4.78, 5) is 42.9. The molecule has 2 amide bonds. The number of ether oxygens (including phenoxy) is 1. The Morgan fingerprint density at radius 1 is 0.987 bits per heavy atom. The van der Waals surface area contributed by atoms with Crippen LogP contribution in [0.2, 0.25) is 0 Å². The molecule has 7 N–H and O–H groups in total. The van der Waals surface area contributed by atoms with Crippen molar-refractivity contribution in [3.8, 4) is 28.0 Å². The van der Waals surface area contributed by atoms with Crippen molar-refractivity contribution >= 4 is 40.2 Å². The Morgan fingerprint density at radius 3 is 2.49 bits per heavy atom. The summed E-state index contributed by atoms with van der Waals surface area (Å²) in [6, 6.07) is 16.5. The van der Waals surface area contributed by atoms with Crippen molar-refractivity contribution in [2.45, 2.75) is 122 Å². The number of aryl methyl sites for hydroxylation is 1. The van der Waals surface area contributed by atoms with Crippen LogP contribution in [0.25, 0.3) is 21.7 Å². The van der Waals surface area contributed by atoms with Gasteiger partial charge >= 0.3 is 0 Å². The van der Waals surface area contributed by atoms with Crippen LogP contribution in [-0.2, 0) is 14.3 Å². The number of nitrogens with one attached hydrogen (secondary N) is 3. The van der Waals surface area contributed by atoms with Gasteiger partial charge in [-0.1, -0.05) is 67.2 Å². The first-order valence-electron chi connectivity index (χ1n) is 28.3. The Bertz CT molecular complexity index is 3090. The lowest BCUT2D eigenvalue weighted by Crippen LogP contribution is -2.58. The van der Waals surface area contributed by atoms with Crippen LogP contribution in [0.3, 0.4) is 0 Å². The molecule has 19 heteroatoms. The number of allylic oxidation sites excluding steroid dienone is 2. The van der Waals surface area contributed by atoms with E-state index in [4.69, 9.17) is 15.0 Å². The number of nitrogens with zero attached hydrogens (tertiary/aromatic N) is 8. The highest BCUT2D eigenvalue weighted by atomic mass is 32.1. The summed E-state index contributed by atoms with van der Waals surface area (Å²) in [5.41, 5.74) is 20.7. The number of carbonyl (C=O) groups excluding carboxylic acids is 2. The molecule has 5 fully saturated rings. The number of hydrogen-bond donors (Lipinski definition) is 6. The minimum absolute atomic E-state index is 0.0888. The Morgan fingerprint density at radius 2 is 1.76 bits per heavy atom. The van der Waals surface area contributed by atoms with Crippen LogP contribution in [0.1, 0.15) is 119 Å². The van der Waals surface area contributed by atoms with Crippen LogP contribution in [0.4, 0.5) is 5.82 Å². The standard InChI is InChI=1S/C60H76N12O6S/c1-37(2)55(59(76)71-34-46(73)26-51(71)58(75)64-39(4)42-11-13-43(14-12-42)56-40(5)62-36-79-56)53-28-54(67-78-53)69-20-16-41(17-21-69)32-68-22-18-60(19-23-68)29-45(30-60)70-24-25-77-47(35-70)15-10-38(3)72-33-44(31-63-72)49-27-50(65-66-57(49)61)48-8-6-7-9-52(48)74/h6-9,11-14,27-28,31,33,36-39,41,45-47,51,55,65-66,73-74H,16-26,29-30,32,34-35,61H2,1-5H3,(H,64,75)/t38?,39-,46+,47-,51-,55+/m0/s1. The van der Waals surface area contributed by atoms with Crippen molar-refractivity contribution in [2.24, 2.45) is 23.0 Å². The van der Waals surface area contributed by atoms with Crippen molar-refractivity contribution in [3.63, 3.8) is 0 Å². The van der Waals surface area contributed by atoms with Crippen molar-refractivity contribution in [3.05, 3.63) is 113 Å². The average molecular weight is 1090 g/mol. The first-order valence-corrected chi connectivity index (χ1v) is 29.2. The third-order valence-corrected chi connectivity index (χ3v) is 18.6. The predicted molar refractivity (Wildman–Crippen MR) is 305 cm³/mol. The quantitative estimate of drug-likeness (QED) is 0.0632. The number of likely N-dealkylation sites (tertiary alicyclic amines) is 2. The number of para-hydroxylation sites is 1. The van der Waals surface area contributed by atoms with E-state index in [1.165, 1.54) is 25.7 Å². The van der Waals surface area contributed by atoms with Gasteiger partial charge < -0.3 is 45.2 Å². The lowest BCUT2D eigenvalue weighted by molar-refractivity contribution is -0.141. The summed E-state index contributed by atoms with van der Waals surface area (Å²) in [5.74, 6) is 8.05. The molecule has 5 aromatic rings. The molecule has 6 aliphatic rings. The molecule has 5 aliphatic heterocycles. The molecule has 11 rings (SSSR count). The smallest absolute Gasteiger partial charge is 0.243 e. The lowest BCUT2D eigenvalue weighted by atomic mass is 9.60. The van der Waals surface area contributed by atoms with Gasteiger partial charge in [0, 0.05) is 80.7 Å². The molecule has 3 aromatic heterocycles. The van der Waals surface area contributed by atoms with Crippen LogP contribution in [0.5, 0.6) is 5.75 Å². The van der Waals surface area contributed by atoms with Gasteiger partial charge in [-0.15, -0.1) is 11.3 Å². The molecule has 2 aromatic carbocycles. The van der Waals surface area contributed by atoms with Gasteiger partial charge in [-0.3, -0.25) is 30.0 Å². The second kappa shape index (κ2) is 23.2. The van der Waals surface area contributed by atoms with E-state index in [2.05, 4.69) is 57.9 Å². The van der Waals surface area contributed by atoms with Crippen LogP contribution in [0, 0.1) is 36.0 Å². The zero-order valence-corrected chi connectivity index (χ0v) is 46.9. The van der Waals surface area contributed by atoms with E-state index in [1.807, 2.05) is 99.5 Å². The molecule has 1 saturated carbocycles. The van der Waals surface area contributed by atoms with Crippen LogP contribution >= 0.6 is 11.3 Å². The van der Waals surface area contributed by atoms with Gasteiger partial charge in [-0.25, -0.2) is 4.98 Å². The monoisotopic (exact) mass is 1090 g/mol. The van der Waals surface area contributed by atoms with Gasteiger partial charge in [-0.2, -0.15) is 5.10 Å². The molecule has 1 aliphatic carbocycles. The number of morpholine rings is 1. The van der Waals surface area contributed by atoms with E-state index >= 15 is 0 Å². The van der Waals surface area contributed by atoms with Gasteiger partial charge in [0.05, 0.1) is 46.7 Å². The van der Waals surface area contributed by atoms with E-state index in [9.17, 15) is 19.8 Å². The first kappa shape index (κ1) is 54.3. The largest absolute Gasteiger partial charge is 0.507 e. The number of phenolic OH excluding ortho intramolecular Hbond substituents is 1. The second-order valence-electron chi connectivity index (χ2n) is 23.3. The summed E-state index contributed by atoms with van der Waals surface area (Å²) in [7, 11) is 0. The van der Waals surface area contributed by atoms with E-state index in [-0.39, 0.29) is 54.6 Å². The van der Waals surface area contributed by atoms with Crippen LogP contribution in [0.15, 0.2) is 88.9 Å². The van der Waals surface area contributed by atoms with Crippen molar-refractivity contribution in [1.29, 1.82) is 0 Å². The molecule has 79 heavy (non-hydrogen) atoms. The maximum Gasteiger partial charge on any atom is 0.243 e. The predicted octanol–water partition coefficient (Wildman–Crippen LogP) is 6.79. The number of β-amino-alcohol motifs (C(OH)–C–C–N with tert-alkyl or cyclic N) is 1. The minimum atomic E-state index is -0.799. The number of piperidine rings is 2. The van der Waals surface area contributed by atoms with Gasteiger partial charge in [0.25, 0.3) is 0 Å². The number of benzene rings is 2. The zero-order chi connectivity index (χ0) is 55.0. The molecule has 4 saturated heterocycles. The number of thiazole rings is 1. The maximum atomic E-state index is 14.4. The SMILES string of the molecule is Cc1ncsc1-c1ccc([C@H](C)NC(=O)[C@@H]2C[C@@H](O)CN2C(=O)[C@@H](c2cc(N3CCC(CN4CCC5(CC4)CC(N4CCO[C@@H](C#CC(C)n6cc(C7=C(N)NNC(c8ccccc8O)=C7)cn6)C4)C5)CC3)no2)C(C)C)cc1. The first-order chi connectivity index (χ1) is 38.2. The fourth-order valence-electron chi connectivity index (χ4n) is 12.8. The minimum Gasteiger partial charge on any atom is -0.507 e. The van der Waals surface area contributed by atoms with E-state index < -0.39 is 18.1 Å². The number of phenols is 1. The Balaban J connectivity index is 0.614. The van der Waals surface area contributed by atoms with Crippen molar-refractivity contribution in [1.82, 2.24) is 50.8 Å². The van der Waals surface area contributed by atoms with E-state index in [1.54, 1.807) is 34.6 Å². The van der Waals surface area contributed by atoms with Gasteiger partial charge in [0.2, 0.25) is 11.8 Å². The van der Waals surface area contributed by atoms with Gasteiger partial charge in [0.1, 0.15) is 35.7 Å². The second-order valence-corrected chi connectivity index (χ2v) is 24.2. The molecule has 0 radical (unpaired) electrons. The van der Waals surface area contributed by atoms with Crippen LogP contribution in [-0.4, -0.2) is 140 Å². The van der Waals surface area contributed by atoms with E-state index in [0.717, 1.165) is 97.3 Å². The highest BCUT2D eigenvalue weighted by Gasteiger charge is 2.49. The van der Waals surface area contributed by atoms with Gasteiger partial charge in [0.15, 0.2) is 11.6 Å². The molecule has 1 spiro atoms. The van der Waals surface area contributed by atoms with Crippen molar-refractivity contribution < 1.29 is 29.1 Å². The fraction of sp³-hybridized carbons (Fsp3) is 0.517. The Labute approximate surface area is 467 Å². The topological polar surface area (TPSA) is 216 Å². The molecule has 8 heterocycles. The fourth-order valence-corrected chi connectivity index (χ4v) is 13.6. The summed E-state index contributed by atoms with van der Waals surface area (Å²) in [6.45, 7) is 17.7. The maximum absolute atomic E-state index is 14.4. The normalized spacial score (nSPS) is 23.3. The molecule has 0 bridgehead atoms. The molecule has 6 atom stereocenters. The third kappa shape index (κ3) is 11.8. The summed E-state index contributed by atoms with van der Waals surface area (Å²) in [5, 5.41) is 33.5. The highest BCUT2D eigenvalue weighted by molar-refractivity contribution is 7.13. The Kier molecular flexibility index (Phi) is 15.9. The number of rotatable bonds is 14. The van der Waals surface area contributed by atoms with Crippen molar-refractivity contribution in [2.75, 3.05) is 63.9 Å². The number of aromatic hydroxyl groups is 1. The summed E-state index contributed by atoms with van der Waals surface area (Å²) < 4.78 is 14.0. The number of anilines is 1. The Hall–Kier alpha value is -6.69. The molecule has 1 unspecified atom stereocenters. The van der Waals surface area contributed by atoms with Gasteiger partial charge in [-0.05, 0) is 119 Å².